The van der Waals surface area contributed by atoms with Crippen LogP contribution in [-0.2, 0) is 32.7 Å². The van der Waals surface area contributed by atoms with Gasteiger partial charge in [-0.1, -0.05) is 0 Å². The fourth-order valence-electron chi connectivity index (χ4n) is 0. The second-order valence-electron chi connectivity index (χ2n) is 0. The Hall–Kier alpha value is 4.92. The maximum absolute atomic E-state index is 0. The van der Waals surface area contributed by atoms with E-state index in [4.69, 9.17) is 0 Å². The van der Waals surface area contributed by atoms with Gasteiger partial charge in [-0.3, -0.25) is 0 Å². The van der Waals surface area contributed by atoms with Crippen LogP contribution in [0.4, 0.5) is 0 Å². The predicted octanol–water partition coefficient (Wildman–Crippen LogP) is -7.11. The Morgan fingerprint density at radius 1 is 0.286 bits per heavy atom. The molecule has 0 rings (SSSR count). The van der Waals surface area contributed by atoms with E-state index in [9.17, 15) is 0 Å². The number of hydrogen-bond donors (Lipinski definition) is 0. The summed E-state index contributed by atoms with van der Waals surface area (Å²) >= 11 is 0. The van der Waals surface area contributed by atoms with Gasteiger partial charge in [-0.2, -0.15) is 0 Å². The molecule has 0 aliphatic rings. The van der Waals surface area contributed by atoms with Gasteiger partial charge in [-0.25, -0.2) is 0 Å². The van der Waals surface area contributed by atoms with E-state index < -0.39 is 0 Å². The minimum atomic E-state index is 0. The van der Waals surface area contributed by atoms with Crippen molar-refractivity contribution in [3.05, 3.63) is 0 Å². The van der Waals surface area contributed by atoms with Crippen LogP contribution >= 0.6 is 0 Å². The molecule has 0 bridgehead atoms. The third-order valence-corrected chi connectivity index (χ3v) is 0. The van der Waals surface area contributed by atoms with Crippen molar-refractivity contribution in [2.24, 2.45) is 0 Å². The van der Waals surface area contributed by atoms with Crippen LogP contribution in [-0.4, -0.2) is 119 Å². The zero-order chi connectivity index (χ0) is 0. The van der Waals surface area contributed by atoms with E-state index in [0.29, 0.717) is 0 Å². The molecule has 0 unspecified atom stereocenters. The van der Waals surface area contributed by atoms with Crippen molar-refractivity contribution in [1.29, 1.82) is 0 Å². The van der Waals surface area contributed by atoms with Crippen LogP contribution in [0.15, 0.2) is 0 Å². The molecule has 0 saturated heterocycles. The molecular weight excluding hydrogens is 507 g/mol. The van der Waals surface area contributed by atoms with E-state index >= 15 is 0 Å². The van der Waals surface area contributed by atoms with Gasteiger partial charge in [0.2, 0.25) is 0 Å². The van der Waals surface area contributed by atoms with Crippen LogP contribution in [0.3, 0.4) is 0 Å². The average Bonchev–Trinajstić information content (AvgIpc) is 0. The van der Waals surface area contributed by atoms with E-state index in [1.54, 1.807) is 0 Å². The molecular formula is H18Ga6Y. The van der Waals surface area contributed by atoms with Gasteiger partial charge in [0.05, 0.1) is 0 Å². The number of rotatable bonds is 0. The first-order chi connectivity index (χ1) is 0. The molecule has 0 fully saturated rings. The van der Waals surface area contributed by atoms with Gasteiger partial charge in [0.1, 0.15) is 0 Å². The first kappa shape index (κ1) is 58.7. The fraction of sp³-hybridized carbons (Fsp3) is 0. The van der Waals surface area contributed by atoms with Crippen molar-refractivity contribution >= 4 is 119 Å². The average molecular weight is 525 g/mol. The monoisotopic (exact) mass is 521 g/mol. The van der Waals surface area contributed by atoms with E-state index in [1.807, 2.05) is 0 Å². The first-order valence-electron chi connectivity index (χ1n) is 0. The molecule has 0 N–H and O–H groups in total. The van der Waals surface area contributed by atoms with E-state index in [0.717, 1.165) is 0 Å². The normalized spacial score (nSPS) is 0. The van der Waals surface area contributed by atoms with Crippen LogP contribution in [0, 0.1) is 0 Å². The third kappa shape index (κ3) is 35.9. The topological polar surface area (TPSA) is 0 Å². The Morgan fingerprint density at radius 3 is 0.286 bits per heavy atom. The molecule has 0 atom stereocenters. The minimum absolute atomic E-state index is 0. The molecule has 0 aromatic rings. The van der Waals surface area contributed by atoms with Crippen molar-refractivity contribution in [3.8, 4) is 0 Å². The Labute approximate surface area is 148 Å². The molecule has 0 nitrogen and oxygen atoms in total. The van der Waals surface area contributed by atoms with E-state index in [1.165, 1.54) is 0 Å². The molecule has 0 spiro atoms. The zero-order valence-corrected chi connectivity index (χ0v) is 3.42. The molecule has 0 heterocycles. The van der Waals surface area contributed by atoms with E-state index in [2.05, 4.69) is 0 Å². The summed E-state index contributed by atoms with van der Waals surface area (Å²) in [6, 6.07) is 0. The summed E-state index contributed by atoms with van der Waals surface area (Å²) in [5.74, 6) is 0. The third-order valence-electron chi connectivity index (χ3n) is 0. The quantitative estimate of drug-likeness (QED) is 0.276. The summed E-state index contributed by atoms with van der Waals surface area (Å²) < 4.78 is 0. The second-order valence-corrected chi connectivity index (χ2v) is 0. The van der Waals surface area contributed by atoms with Gasteiger partial charge in [0, 0.05) is 32.7 Å². The minimum Gasteiger partial charge on any atom is 0 e. The molecule has 0 amide bonds. The zero-order valence-electron chi connectivity index (χ0n) is 0.577. The Morgan fingerprint density at radius 2 is 0.286 bits per heavy atom. The maximum atomic E-state index is 0. The molecule has 0 saturated carbocycles. The molecule has 39 valence electrons. The van der Waals surface area contributed by atoms with Crippen LogP contribution in [0.2, 0.25) is 0 Å². The van der Waals surface area contributed by atoms with Crippen LogP contribution < -0.4 is 0 Å². The van der Waals surface area contributed by atoms with Crippen molar-refractivity contribution in [3.63, 3.8) is 0 Å². The summed E-state index contributed by atoms with van der Waals surface area (Å²) in [6.07, 6.45) is 0. The van der Waals surface area contributed by atoms with Crippen LogP contribution in [0.5, 0.6) is 0 Å². The summed E-state index contributed by atoms with van der Waals surface area (Å²) in [7, 11) is 0. The van der Waals surface area contributed by atoms with Crippen molar-refractivity contribution < 1.29 is 32.7 Å². The SMILES string of the molecule is [GaH3].[GaH3].[GaH3].[GaH3].[GaH3].[GaH3].[Y]. The molecule has 1 radical (unpaired) electrons. The molecule has 7 heavy (non-hydrogen) atoms. The van der Waals surface area contributed by atoms with Crippen LogP contribution in [0.1, 0.15) is 0 Å². The standard InChI is InChI=1S/6Ga.Y.18H. The van der Waals surface area contributed by atoms with Crippen molar-refractivity contribution in [2.45, 2.75) is 0 Å². The Balaban J connectivity index is 0. The van der Waals surface area contributed by atoms with Gasteiger partial charge >= 0.3 is 119 Å². The van der Waals surface area contributed by atoms with Crippen molar-refractivity contribution in [1.82, 2.24) is 0 Å². The first-order valence-corrected chi connectivity index (χ1v) is 0. The molecule has 0 aromatic carbocycles. The summed E-state index contributed by atoms with van der Waals surface area (Å²) in [5.41, 5.74) is 0. The van der Waals surface area contributed by atoms with Gasteiger partial charge in [0.25, 0.3) is 0 Å². The Bertz CT molecular complexity index is 4.14. The van der Waals surface area contributed by atoms with Crippen LogP contribution in [0.25, 0.3) is 0 Å². The molecule has 0 aliphatic carbocycles. The second kappa shape index (κ2) is 44.4. The van der Waals surface area contributed by atoms with Crippen molar-refractivity contribution in [2.75, 3.05) is 0 Å². The largest absolute Gasteiger partial charge is 0 e. The Kier molecular flexibility index (Phi) is 372. The smallest absolute Gasteiger partial charge is 0 e. The fourth-order valence-corrected chi connectivity index (χ4v) is 0. The maximum Gasteiger partial charge on any atom is 0 e. The number of hydrogen-bond acceptors (Lipinski definition) is 0. The molecule has 0 aliphatic heterocycles. The van der Waals surface area contributed by atoms with Gasteiger partial charge in [-0.15, -0.1) is 0 Å². The van der Waals surface area contributed by atoms with Gasteiger partial charge in [0.15, 0.2) is 0 Å². The summed E-state index contributed by atoms with van der Waals surface area (Å²) in [4.78, 5) is 0. The predicted molar refractivity (Wildman–Crippen MR) is 59.6 cm³/mol. The molecule has 7 heteroatoms. The molecule has 0 aromatic heterocycles. The van der Waals surface area contributed by atoms with Gasteiger partial charge in [-0.05, 0) is 0 Å². The van der Waals surface area contributed by atoms with Gasteiger partial charge < -0.3 is 0 Å². The van der Waals surface area contributed by atoms with E-state index in [-0.39, 0.29) is 151 Å². The summed E-state index contributed by atoms with van der Waals surface area (Å²) in [5, 5.41) is 0. The summed E-state index contributed by atoms with van der Waals surface area (Å²) in [6.45, 7) is 0.